The SMILES string of the molecule is C[C@H]1CC[C@]1(N[S+]([O-])C(C)(C)C)c1ncc(Br)cc1F. The Labute approximate surface area is 131 Å². The van der Waals surface area contributed by atoms with Crippen molar-refractivity contribution in [1.29, 1.82) is 0 Å². The highest BCUT2D eigenvalue weighted by Gasteiger charge is 2.52. The summed E-state index contributed by atoms with van der Waals surface area (Å²) in [6.07, 6.45) is 3.32. The molecule has 1 aliphatic carbocycles. The van der Waals surface area contributed by atoms with Gasteiger partial charge in [-0.3, -0.25) is 4.98 Å². The van der Waals surface area contributed by atoms with Gasteiger partial charge in [0.05, 0.1) is 0 Å². The van der Waals surface area contributed by atoms with E-state index in [1.807, 2.05) is 27.7 Å². The fourth-order valence-electron chi connectivity index (χ4n) is 2.33. The molecule has 6 heteroatoms. The average molecular weight is 363 g/mol. The zero-order valence-electron chi connectivity index (χ0n) is 12.2. The first-order valence-corrected chi connectivity index (χ1v) is 8.62. The Morgan fingerprint density at radius 2 is 2.20 bits per heavy atom. The smallest absolute Gasteiger partial charge is 0.147 e. The van der Waals surface area contributed by atoms with E-state index in [9.17, 15) is 8.94 Å². The van der Waals surface area contributed by atoms with Gasteiger partial charge in [-0.15, -0.1) is 4.72 Å². The molecule has 3 atom stereocenters. The van der Waals surface area contributed by atoms with E-state index >= 15 is 0 Å². The van der Waals surface area contributed by atoms with Gasteiger partial charge < -0.3 is 4.55 Å². The molecule has 1 aromatic rings. The number of nitrogens with one attached hydrogen (secondary N) is 1. The molecule has 0 aliphatic heterocycles. The van der Waals surface area contributed by atoms with Gasteiger partial charge in [-0.05, 0) is 61.5 Å². The van der Waals surface area contributed by atoms with Crippen LogP contribution >= 0.6 is 15.9 Å². The third-order valence-corrected chi connectivity index (χ3v) is 5.97. The first kappa shape index (κ1) is 16.2. The Morgan fingerprint density at radius 3 is 2.60 bits per heavy atom. The van der Waals surface area contributed by atoms with Gasteiger partial charge in [-0.2, -0.15) is 0 Å². The van der Waals surface area contributed by atoms with Crippen LogP contribution in [0, 0.1) is 11.7 Å². The minimum atomic E-state index is -1.26. The van der Waals surface area contributed by atoms with E-state index < -0.39 is 21.6 Å². The molecule has 0 radical (unpaired) electrons. The van der Waals surface area contributed by atoms with Crippen LogP contribution in [-0.2, 0) is 16.9 Å². The largest absolute Gasteiger partial charge is 0.598 e. The molecule has 1 aromatic heterocycles. The van der Waals surface area contributed by atoms with Crippen molar-refractivity contribution < 1.29 is 8.94 Å². The van der Waals surface area contributed by atoms with Crippen molar-refractivity contribution in [3.05, 3.63) is 28.2 Å². The minimum absolute atomic E-state index is 0.206. The fraction of sp³-hybridized carbons (Fsp3) is 0.643. The summed E-state index contributed by atoms with van der Waals surface area (Å²) < 4.78 is 30.0. The van der Waals surface area contributed by atoms with Crippen molar-refractivity contribution in [3.63, 3.8) is 0 Å². The molecule has 3 nitrogen and oxygen atoms in total. The molecule has 1 saturated carbocycles. The van der Waals surface area contributed by atoms with E-state index in [2.05, 4.69) is 25.6 Å². The highest BCUT2D eigenvalue weighted by Crippen LogP contribution is 2.47. The van der Waals surface area contributed by atoms with Crippen LogP contribution in [-0.4, -0.2) is 14.3 Å². The molecule has 1 heterocycles. The molecule has 0 aromatic carbocycles. The molecule has 112 valence electrons. The number of nitrogens with zero attached hydrogens (tertiary/aromatic N) is 1. The van der Waals surface area contributed by atoms with Crippen LogP contribution in [0.15, 0.2) is 16.7 Å². The van der Waals surface area contributed by atoms with Crippen LogP contribution in [0.1, 0.15) is 46.2 Å². The van der Waals surface area contributed by atoms with E-state index in [1.165, 1.54) is 6.07 Å². The summed E-state index contributed by atoms with van der Waals surface area (Å²) in [5.74, 6) is -0.152. The summed E-state index contributed by atoms with van der Waals surface area (Å²) in [4.78, 5) is 4.24. The first-order valence-electron chi connectivity index (χ1n) is 6.68. The van der Waals surface area contributed by atoms with Crippen molar-refractivity contribution in [2.24, 2.45) is 5.92 Å². The summed E-state index contributed by atoms with van der Waals surface area (Å²) in [7, 11) is 0. The van der Waals surface area contributed by atoms with Crippen LogP contribution in [0.4, 0.5) is 4.39 Å². The lowest BCUT2D eigenvalue weighted by atomic mass is 9.66. The molecule has 1 aliphatic rings. The van der Waals surface area contributed by atoms with Crippen LogP contribution < -0.4 is 4.72 Å². The lowest BCUT2D eigenvalue weighted by Crippen LogP contribution is -2.60. The lowest BCUT2D eigenvalue weighted by molar-refractivity contribution is 0.112. The predicted molar refractivity (Wildman–Crippen MR) is 83.0 cm³/mol. The lowest BCUT2D eigenvalue weighted by Gasteiger charge is -2.48. The molecular formula is C14H20BrFN2OS. The predicted octanol–water partition coefficient (Wildman–Crippen LogP) is 3.66. The summed E-state index contributed by atoms with van der Waals surface area (Å²) in [5.41, 5.74) is -0.250. The van der Waals surface area contributed by atoms with Crippen LogP contribution in [0.3, 0.4) is 0 Å². The second-order valence-electron chi connectivity index (χ2n) is 6.38. The van der Waals surface area contributed by atoms with E-state index in [0.29, 0.717) is 10.2 Å². The van der Waals surface area contributed by atoms with E-state index in [1.54, 1.807) is 6.20 Å². The van der Waals surface area contributed by atoms with E-state index in [0.717, 1.165) is 12.8 Å². The molecule has 0 bridgehead atoms. The second kappa shape index (κ2) is 5.55. The number of halogens is 2. The Balaban J connectivity index is 2.36. The van der Waals surface area contributed by atoms with Crippen molar-refractivity contribution in [3.8, 4) is 0 Å². The zero-order chi connectivity index (χ0) is 15.1. The van der Waals surface area contributed by atoms with Crippen molar-refractivity contribution >= 4 is 27.3 Å². The van der Waals surface area contributed by atoms with Gasteiger partial charge in [-0.1, -0.05) is 6.92 Å². The summed E-state index contributed by atoms with van der Waals surface area (Å²) in [6, 6.07) is 1.41. The van der Waals surface area contributed by atoms with Gasteiger partial charge >= 0.3 is 0 Å². The van der Waals surface area contributed by atoms with Gasteiger partial charge in [-0.25, -0.2) is 4.39 Å². The summed E-state index contributed by atoms with van der Waals surface area (Å²) in [6.45, 7) is 7.75. The van der Waals surface area contributed by atoms with Gasteiger partial charge in [0.1, 0.15) is 21.8 Å². The van der Waals surface area contributed by atoms with E-state index in [4.69, 9.17) is 0 Å². The summed E-state index contributed by atoms with van der Waals surface area (Å²) in [5, 5.41) is 0. The van der Waals surface area contributed by atoms with Crippen molar-refractivity contribution in [2.45, 2.75) is 50.8 Å². The maximum absolute atomic E-state index is 14.3. The molecule has 1 fully saturated rings. The molecule has 1 unspecified atom stereocenters. The third-order valence-electron chi connectivity index (χ3n) is 3.87. The van der Waals surface area contributed by atoms with Crippen LogP contribution in [0.2, 0.25) is 0 Å². The summed E-state index contributed by atoms with van der Waals surface area (Å²) >= 11 is 1.96. The van der Waals surface area contributed by atoms with E-state index in [-0.39, 0.29) is 11.7 Å². The molecule has 2 rings (SSSR count). The number of hydrogen-bond acceptors (Lipinski definition) is 3. The first-order chi connectivity index (χ1) is 9.17. The van der Waals surface area contributed by atoms with Gasteiger partial charge in [0.25, 0.3) is 0 Å². The molecule has 0 spiro atoms. The molecule has 1 N–H and O–H groups in total. The quantitative estimate of drug-likeness (QED) is 0.834. The normalized spacial score (nSPS) is 28.1. The topological polar surface area (TPSA) is 48.0 Å². The molecule has 0 saturated heterocycles. The highest BCUT2D eigenvalue weighted by atomic mass is 79.9. The monoisotopic (exact) mass is 362 g/mol. The van der Waals surface area contributed by atoms with Crippen LogP contribution in [0.5, 0.6) is 0 Å². The standard InChI is InChI=1S/C14H20BrFN2OS/c1-9-5-6-14(9,18-20(19)13(2,3)4)12-11(16)7-10(15)8-17-12/h7-9,18H,5-6H2,1-4H3/t9-,14+,20?/m0/s1. The number of pyridine rings is 1. The zero-order valence-corrected chi connectivity index (χ0v) is 14.6. The fourth-order valence-corrected chi connectivity index (χ4v) is 3.68. The third kappa shape index (κ3) is 2.89. The van der Waals surface area contributed by atoms with Crippen molar-refractivity contribution in [2.75, 3.05) is 0 Å². The number of aromatic nitrogens is 1. The van der Waals surface area contributed by atoms with Crippen molar-refractivity contribution in [1.82, 2.24) is 9.71 Å². The van der Waals surface area contributed by atoms with Gasteiger partial charge in [0.2, 0.25) is 0 Å². The van der Waals surface area contributed by atoms with Gasteiger partial charge in [0, 0.05) is 22.0 Å². The Morgan fingerprint density at radius 1 is 1.55 bits per heavy atom. The Hall–Kier alpha value is -0.170. The maximum atomic E-state index is 14.3. The van der Waals surface area contributed by atoms with Crippen LogP contribution in [0.25, 0.3) is 0 Å². The highest BCUT2D eigenvalue weighted by molar-refractivity contribution is 9.10. The Bertz CT molecular complexity index is 508. The molecule has 20 heavy (non-hydrogen) atoms. The molecule has 0 amide bonds. The minimum Gasteiger partial charge on any atom is -0.598 e. The van der Waals surface area contributed by atoms with Gasteiger partial charge in [0.15, 0.2) is 0 Å². The number of hydrogen-bond donors (Lipinski definition) is 1. The maximum Gasteiger partial charge on any atom is 0.147 e. The number of rotatable bonds is 3. The second-order valence-corrected chi connectivity index (χ2v) is 9.26. The average Bonchev–Trinajstić information content (AvgIpc) is 2.33. The Kier molecular flexibility index (Phi) is 4.50. The molecular weight excluding hydrogens is 343 g/mol.